The van der Waals surface area contributed by atoms with E-state index in [1.807, 2.05) is 13.8 Å². The summed E-state index contributed by atoms with van der Waals surface area (Å²) in [5.74, 6) is -0.693. The summed E-state index contributed by atoms with van der Waals surface area (Å²) in [5, 5.41) is 3.63. The second kappa shape index (κ2) is 12.5. The molecule has 0 saturated carbocycles. The molecule has 2 atom stereocenters. The lowest BCUT2D eigenvalue weighted by atomic mass is 10.1. The van der Waals surface area contributed by atoms with E-state index in [-0.39, 0.29) is 35.0 Å². The summed E-state index contributed by atoms with van der Waals surface area (Å²) in [7, 11) is -2.53. The van der Waals surface area contributed by atoms with Crippen molar-refractivity contribution in [2.75, 3.05) is 24.2 Å². The predicted molar refractivity (Wildman–Crippen MR) is 140 cm³/mol. The predicted octanol–water partition coefficient (Wildman–Crippen LogP) is 4.10. The van der Waals surface area contributed by atoms with E-state index in [1.54, 1.807) is 37.3 Å². The molecule has 0 spiro atoms. The standard InChI is InChI=1S/C24H31Cl2N3O5S/c1-6-16(2)27-24(31)17(3)28(14-18-8-7-9-19(25)12-18)23(30)15-29(35(5,32)33)21-13-20(26)10-11-22(21)34-4/h7-13,16-17H,6,14-15H2,1-5H3,(H,27,31)/t16-,17+/m0/s1. The Balaban J connectivity index is 2.46. The van der Waals surface area contributed by atoms with Crippen LogP contribution >= 0.6 is 23.2 Å². The van der Waals surface area contributed by atoms with Crippen molar-refractivity contribution in [3.05, 3.63) is 58.1 Å². The van der Waals surface area contributed by atoms with Gasteiger partial charge < -0.3 is 15.0 Å². The molecular formula is C24H31Cl2N3O5S. The van der Waals surface area contributed by atoms with Gasteiger partial charge in [-0.2, -0.15) is 0 Å². The molecular weight excluding hydrogens is 513 g/mol. The van der Waals surface area contributed by atoms with Gasteiger partial charge in [0.05, 0.1) is 19.1 Å². The maximum absolute atomic E-state index is 13.6. The third-order valence-electron chi connectivity index (χ3n) is 5.50. The minimum Gasteiger partial charge on any atom is -0.495 e. The molecule has 1 N–H and O–H groups in total. The van der Waals surface area contributed by atoms with Gasteiger partial charge in [0.1, 0.15) is 18.3 Å². The zero-order valence-electron chi connectivity index (χ0n) is 20.4. The summed E-state index contributed by atoms with van der Waals surface area (Å²) in [5.41, 5.74) is 0.815. The molecule has 0 aliphatic rings. The van der Waals surface area contributed by atoms with Crippen LogP contribution in [-0.4, -0.2) is 57.1 Å². The molecule has 192 valence electrons. The zero-order chi connectivity index (χ0) is 26.3. The number of methoxy groups -OCH3 is 1. The first kappa shape index (κ1) is 28.7. The average Bonchev–Trinajstić information content (AvgIpc) is 2.79. The summed E-state index contributed by atoms with van der Waals surface area (Å²) in [4.78, 5) is 27.8. The van der Waals surface area contributed by atoms with Crippen LogP contribution in [0.1, 0.15) is 32.8 Å². The molecule has 2 aromatic rings. The van der Waals surface area contributed by atoms with Crippen molar-refractivity contribution in [2.45, 2.75) is 45.8 Å². The fraction of sp³-hybridized carbons (Fsp3) is 0.417. The number of sulfonamides is 1. The van der Waals surface area contributed by atoms with Crippen LogP contribution in [0.3, 0.4) is 0 Å². The molecule has 0 fully saturated rings. The van der Waals surface area contributed by atoms with E-state index >= 15 is 0 Å². The van der Waals surface area contributed by atoms with E-state index in [4.69, 9.17) is 27.9 Å². The maximum atomic E-state index is 13.6. The van der Waals surface area contributed by atoms with E-state index in [0.717, 1.165) is 17.0 Å². The number of halogens is 2. The lowest BCUT2D eigenvalue weighted by molar-refractivity contribution is -0.139. The van der Waals surface area contributed by atoms with E-state index in [9.17, 15) is 18.0 Å². The third-order valence-corrected chi connectivity index (χ3v) is 7.10. The Bertz CT molecular complexity index is 1160. The molecule has 0 heterocycles. The highest BCUT2D eigenvalue weighted by Gasteiger charge is 2.31. The van der Waals surface area contributed by atoms with Crippen molar-refractivity contribution < 1.29 is 22.7 Å². The van der Waals surface area contributed by atoms with Crippen molar-refractivity contribution in [3.63, 3.8) is 0 Å². The minimum atomic E-state index is -3.92. The van der Waals surface area contributed by atoms with Crippen LogP contribution in [0.25, 0.3) is 0 Å². The first-order chi connectivity index (χ1) is 16.4. The van der Waals surface area contributed by atoms with Gasteiger partial charge in [0.15, 0.2) is 0 Å². The number of carbonyl (C=O) groups is 2. The number of anilines is 1. The molecule has 0 aliphatic carbocycles. The Hall–Kier alpha value is -2.49. The van der Waals surface area contributed by atoms with Crippen LogP contribution in [0.5, 0.6) is 5.75 Å². The molecule has 2 aromatic carbocycles. The molecule has 0 saturated heterocycles. The average molecular weight is 545 g/mol. The van der Waals surface area contributed by atoms with Crippen molar-refractivity contribution in [2.24, 2.45) is 0 Å². The van der Waals surface area contributed by atoms with Gasteiger partial charge in [0.2, 0.25) is 21.8 Å². The molecule has 8 nitrogen and oxygen atoms in total. The molecule has 35 heavy (non-hydrogen) atoms. The van der Waals surface area contributed by atoms with Crippen molar-refractivity contribution in [1.29, 1.82) is 0 Å². The van der Waals surface area contributed by atoms with Gasteiger partial charge in [-0.25, -0.2) is 8.42 Å². The van der Waals surface area contributed by atoms with Crippen LogP contribution in [0.4, 0.5) is 5.69 Å². The normalized spacial score (nSPS) is 13.0. The fourth-order valence-corrected chi connectivity index (χ4v) is 4.56. The number of hydrogen-bond donors (Lipinski definition) is 1. The number of nitrogens with one attached hydrogen (secondary N) is 1. The number of benzene rings is 2. The van der Waals surface area contributed by atoms with Crippen molar-refractivity contribution >= 4 is 50.7 Å². The Morgan fingerprint density at radius 2 is 1.74 bits per heavy atom. The Morgan fingerprint density at radius 1 is 1.09 bits per heavy atom. The van der Waals surface area contributed by atoms with Gasteiger partial charge >= 0.3 is 0 Å². The van der Waals surface area contributed by atoms with Crippen LogP contribution in [0, 0.1) is 0 Å². The molecule has 0 aromatic heterocycles. The first-order valence-corrected chi connectivity index (χ1v) is 13.6. The Morgan fingerprint density at radius 3 is 2.31 bits per heavy atom. The Labute approximate surface area is 217 Å². The molecule has 0 aliphatic heterocycles. The number of hydrogen-bond acceptors (Lipinski definition) is 5. The van der Waals surface area contributed by atoms with Gasteiger partial charge in [-0.3, -0.25) is 13.9 Å². The lowest BCUT2D eigenvalue weighted by Crippen LogP contribution is -2.52. The minimum absolute atomic E-state index is 0.0543. The quantitative estimate of drug-likeness (QED) is 0.460. The van der Waals surface area contributed by atoms with E-state index in [0.29, 0.717) is 10.6 Å². The second-order valence-electron chi connectivity index (χ2n) is 8.23. The van der Waals surface area contributed by atoms with Crippen LogP contribution in [0.2, 0.25) is 10.0 Å². The van der Waals surface area contributed by atoms with Crippen molar-refractivity contribution in [1.82, 2.24) is 10.2 Å². The number of ether oxygens (including phenoxy) is 1. The molecule has 0 radical (unpaired) electrons. The highest BCUT2D eigenvalue weighted by molar-refractivity contribution is 7.92. The van der Waals surface area contributed by atoms with Gasteiger partial charge in [0.25, 0.3) is 0 Å². The zero-order valence-corrected chi connectivity index (χ0v) is 22.7. The molecule has 11 heteroatoms. The number of nitrogens with zero attached hydrogens (tertiary/aromatic N) is 2. The topological polar surface area (TPSA) is 96.0 Å². The van der Waals surface area contributed by atoms with Gasteiger partial charge in [-0.1, -0.05) is 42.3 Å². The van der Waals surface area contributed by atoms with Crippen LogP contribution in [0.15, 0.2) is 42.5 Å². The summed E-state index contributed by atoms with van der Waals surface area (Å²) in [6.07, 6.45) is 1.71. The third kappa shape index (κ3) is 8.02. The maximum Gasteiger partial charge on any atom is 0.244 e. The smallest absolute Gasteiger partial charge is 0.244 e. The summed E-state index contributed by atoms with van der Waals surface area (Å²) < 4.78 is 31.7. The monoisotopic (exact) mass is 543 g/mol. The first-order valence-electron chi connectivity index (χ1n) is 11.0. The molecule has 0 unspecified atom stereocenters. The molecule has 2 amide bonds. The van der Waals surface area contributed by atoms with Gasteiger partial charge in [-0.05, 0) is 56.2 Å². The SMILES string of the molecule is CC[C@H](C)NC(=O)[C@@H](C)N(Cc1cccc(Cl)c1)C(=O)CN(c1cc(Cl)ccc1OC)S(C)(=O)=O. The van der Waals surface area contributed by atoms with Crippen molar-refractivity contribution in [3.8, 4) is 5.75 Å². The number of rotatable bonds is 11. The van der Waals surface area contributed by atoms with E-state index in [1.165, 1.54) is 24.1 Å². The largest absolute Gasteiger partial charge is 0.495 e. The van der Waals surface area contributed by atoms with Gasteiger partial charge in [0, 0.05) is 22.6 Å². The molecule has 0 bridgehead atoms. The van der Waals surface area contributed by atoms with Gasteiger partial charge in [-0.15, -0.1) is 0 Å². The second-order valence-corrected chi connectivity index (χ2v) is 11.0. The van der Waals surface area contributed by atoms with E-state index in [2.05, 4.69) is 5.32 Å². The highest BCUT2D eigenvalue weighted by Crippen LogP contribution is 2.33. The summed E-state index contributed by atoms with van der Waals surface area (Å²) >= 11 is 12.2. The molecule has 2 rings (SSSR count). The fourth-order valence-electron chi connectivity index (χ4n) is 3.33. The highest BCUT2D eigenvalue weighted by atomic mass is 35.5. The van der Waals surface area contributed by atoms with Crippen LogP contribution in [-0.2, 0) is 26.2 Å². The number of carbonyl (C=O) groups excluding carboxylic acids is 2. The van der Waals surface area contributed by atoms with Crippen LogP contribution < -0.4 is 14.4 Å². The van der Waals surface area contributed by atoms with E-state index < -0.39 is 28.5 Å². The number of amides is 2. The summed E-state index contributed by atoms with van der Waals surface area (Å²) in [6.45, 7) is 4.90. The lowest BCUT2D eigenvalue weighted by Gasteiger charge is -2.32. The Kier molecular flexibility index (Phi) is 10.2. The summed E-state index contributed by atoms with van der Waals surface area (Å²) in [6, 6.07) is 10.4.